The Morgan fingerprint density at radius 2 is 2.50 bits per heavy atom. The number of amides is 1. The predicted molar refractivity (Wildman–Crippen MR) is 64.6 cm³/mol. The van der Waals surface area contributed by atoms with E-state index in [9.17, 15) is 9.90 Å². The molecule has 1 saturated heterocycles. The molecule has 1 fully saturated rings. The molecule has 18 heavy (non-hydrogen) atoms. The fourth-order valence-corrected chi connectivity index (χ4v) is 2.07. The molecule has 0 spiro atoms. The van der Waals surface area contributed by atoms with Gasteiger partial charge in [0, 0.05) is 19.0 Å². The Bertz CT molecular complexity index is 457. The summed E-state index contributed by atoms with van der Waals surface area (Å²) in [6.07, 6.45) is 1.31. The molecular weight excluding hydrogens is 260 g/mol. The Hall–Kier alpha value is -1.76. The average Bonchev–Trinajstić information content (AvgIpc) is 2.78. The number of ether oxygens (including phenoxy) is 1. The van der Waals surface area contributed by atoms with Gasteiger partial charge in [-0.05, 0) is 18.0 Å². The second-order valence-corrected chi connectivity index (χ2v) is 4.42. The van der Waals surface area contributed by atoms with Gasteiger partial charge < -0.3 is 20.5 Å². The summed E-state index contributed by atoms with van der Waals surface area (Å²) >= 11 is 5.69. The van der Waals surface area contributed by atoms with Crippen LogP contribution in [0, 0.1) is 5.92 Å². The zero-order valence-corrected chi connectivity index (χ0v) is 10.3. The van der Waals surface area contributed by atoms with Crippen LogP contribution in [0.15, 0.2) is 6.20 Å². The molecule has 2 heterocycles. The van der Waals surface area contributed by atoms with Crippen molar-refractivity contribution in [3.63, 3.8) is 0 Å². The molecule has 1 unspecified atom stereocenters. The number of carbonyl (C=O) groups is 1. The molecule has 0 saturated carbocycles. The number of hydrogen-bond acceptors (Lipinski definition) is 6. The molecule has 3 N–H and O–H groups in total. The van der Waals surface area contributed by atoms with E-state index in [0.29, 0.717) is 18.9 Å². The minimum atomic E-state index is -0.777. The average molecular weight is 273 g/mol. The van der Waals surface area contributed by atoms with Gasteiger partial charge in [0.25, 0.3) is 0 Å². The first-order chi connectivity index (χ1) is 8.56. The molecule has 0 radical (unpaired) electrons. The molecule has 0 bridgehead atoms. The number of halogens is 1. The SMILES string of the molecule is NC(=O)OCC1CCN(c2nc(Cl)ncc2O)C1. The molecule has 1 aliphatic heterocycles. The Labute approximate surface area is 109 Å². The highest BCUT2D eigenvalue weighted by atomic mass is 35.5. The quantitative estimate of drug-likeness (QED) is 0.788. The maximum Gasteiger partial charge on any atom is 0.404 e. The lowest BCUT2D eigenvalue weighted by atomic mass is 10.1. The van der Waals surface area contributed by atoms with Crippen molar-refractivity contribution in [1.29, 1.82) is 0 Å². The van der Waals surface area contributed by atoms with Gasteiger partial charge in [0.05, 0.1) is 12.8 Å². The summed E-state index contributed by atoms with van der Waals surface area (Å²) < 4.78 is 4.75. The number of aromatic hydroxyl groups is 1. The van der Waals surface area contributed by atoms with Crippen molar-refractivity contribution in [2.45, 2.75) is 6.42 Å². The largest absolute Gasteiger partial charge is 0.503 e. The second-order valence-electron chi connectivity index (χ2n) is 4.08. The van der Waals surface area contributed by atoms with Crippen LogP contribution in [0.2, 0.25) is 5.28 Å². The highest BCUT2D eigenvalue weighted by Gasteiger charge is 2.26. The monoisotopic (exact) mass is 272 g/mol. The Morgan fingerprint density at radius 1 is 1.72 bits per heavy atom. The molecule has 0 aromatic carbocycles. The number of aromatic nitrogens is 2. The molecule has 8 heteroatoms. The minimum Gasteiger partial charge on any atom is -0.503 e. The third kappa shape index (κ3) is 2.92. The Kier molecular flexibility index (Phi) is 3.71. The summed E-state index contributed by atoms with van der Waals surface area (Å²) in [7, 11) is 0. The van der Waals surface area contributed by atoms with Crippen LogP contribution in [0.1, 0.15) is 6.42 Å². The fourth-order valence-electron chi connectivity index (χ4n) is 1.94. The van der Waals surface area contributed by atoms with Gasteiger partial charge in [-0.1, -0.05) is 0 Å². The maximum absolute atomic E-state index is 10.5. The van der Waals surface area contributed by atoms with Gasteiger partial charge in [0.2, 0.25) is 5.28 Å². The molecule has 1 aromatic heterocycles. The lowest BCUT2D eigenvalue weighted by Crippen LogP contribution is -2.24. The molecule has 1 aliphatic rings. The highest BCUT2D eigenvalue weighted by molar-refractivity contribution is 6.28. The van der Waals surface area contributed by atoms with E-state index >= 15 is 0 Å². The van der Waals surface area contributed by atoms with E-state index in [4.69, 9.17) is 22.1 Å². The molecule has 2 rings (SSSR count). The molecular formula is C10H13ClN4O3. The van der Waals surface area contributed by atoms with Crippen molar-refractivity contribution >= 4 is 23.5 Å². The van der Waals surface area contributed by atoms with E-state index < -0.39 is 6.09 Å². The first kappa shape index (κ1) is 12.7. The summed E-state index contributed by atoms with van der Waals surface area (Å²) in [5.74, 6) is 0.554. The van der Waals surface area contributed by atoms with Crippen molar-refractivity contribution in [2.75, 3.05) is 24.6 Å². The zero-order chi connectivity index (χ0) is 13.1. The van der Waals surface area contributed by atoms with Crippen molar-refractivity contribution in [2.24, 2.45) is 11.7 Å². The van der Waals surface area contributed by atoms with Crippen LogP contribution < -0.4 is 10.6 Å². The van der Waals surface area contributed by atoms with Crippen molar-refractivity contribution in [3.8, 4) is 5.75 Å². The van der Waals surface area contributed by atoms with E-state index in [1.165, 1.54) is 6.20 Å². The van der Waals surface area contributed by atoms with Crippen LogP contribution in [0.5, 0.6) is 5.75 Å². The van der Waals surface area contributed by atoms with Crippen LogP contribution in [0.3, 0.4) is 0 Å². The molecule has 1 atom stereocenters. The van der Waals surface area contributed by atoms with E-state index in [1.807, 2.05) is 4.90 Å². The summed E-state index contributed by atoms with van der Waals surface area (Å²) in [4.78, 5) is 20.1. The molecule has 1 aromatic rings. The van der Waals surface area contributed by atoms with Crippen LogP contribution >= 0.6 is 11.6 Å². The van der Waals surface area contributed by atoms with E-state index in [-0.39, 0.29) is 23.6 Å². The van der Waals surface area contributed by atoms with Gasteiger partial charge >= 0.3 is 6.09 Å². The van der Waals surface area contributed by atoms with Crippen LogP contribution in [0.4, 0.5) is 10.6 Å². The normalized spacial score (nSPS) is 18.9. The number of hydrogen-bond donors (Lipinski definition) is 2. The maximum atomic E-state index is 10.5. The summed E-state index contributed by atoms with van der Waals surface area (Å²) in [5, 5.41) is 9.75. The van der Waals surface area contributed by atoms with Gasteiger partial charge in [-0.3, -0.25) is 0 Å². The zero-order valence-electron chi connectivity index (χ0n) is 9.54. The van der Waals surface area contributed by atoms with Crippen LogP contribution in [-0.2, 0) is 4.74 Å². The van der Waals surface area contributed by atoms with Crippen molar-refractivity contribution in [3.05, 3.63) is 11.5 Å². The van der Waals surface area contributed by atoms with Gasteiger partial charge in [0.1, 0.15) is 0 Å². The first-order valence-electron chi connectivity index (χ1n) is 5.45. The van der Waals surface area contributed by atoms with Gasteiger partial charge in [-0.25, -0.2) is 9.78 Å². The highest BCUT2D eigenvalue weighted by Crippen LogP contribution is 2.29. The van der Waals surface area contributed by atoms with Crippen LogP contribution in [-0.4, -0.2) is 40.9 Å². The third-order valence-corrected chi connectivity index (χ3v) is 2.95. The number of rotatable bonds is 3. The van der Waals surface area contributed by atoms with Crippen molar-refractivity contribution < 1.29 is 14.6 Å². The number of primary amides is 1. The number of anilines is 1. The Balaban J connectivity index is 1.99. The summed E-state index contributed by atoms with van der Waals surface area (Å²) in [6, 6.07) is 0. The standard InChI is InChI=1S/C10H13ClN4O3/c11-9-13-3-7(16)8(14-9)15-2-1-6(4-15)5-18-10(12)17/h3,6,16H,1-2,4-5H2,(H2,12,17). The van der Waals surface area contributed by atoms with E-state index in [0.717, 1.165) is 6.42 Å². The number of carbonyl (C=O) groups excluding carboxylic acids is 1. The van der Waals surface area contributed by atoms with Crippen LogP contribution in [0.25, 0.3) is 0 Å². The summed E-state index contributed by atoms with van der Waals surface area (Å²) in [6.45, 7) is 1.59. The van der Waals surface area contributed by atoms with Crippen molar-refractivity contribution in [1.82, 2.24) is 9.97 Å². The van der Waals surface area contributed by atoms with E-state index in [2.05, 4.69) is 9.97 Å². The first-order valence-corrected chi connectivity index (χ1v) is 5.82. The van der Waals surface area contributed by atoms with Gasteiger partial charge in [-0.15, -0.1) is 0 Å². The lowest BCUT2D eigenvalue weighted by molar-refractivity contribution is 0.140. The lowest BCUT2D eigenvalue weighted by Gasteiger charge is -2.18. The number of nitrogens with two attached hydrogens (primary N) is 1. The second kappa shape index (κ2) is 5.26. The smallest absolute Gasteiger partial charge is 0.404 e. The molecule has 98 valence electrons. The number of nitrogens with zero attached hydrogens (tertiary/aromatic N) is 3. The molecule has 7 nitrogen and oxygen atoms in total. The summed E-state index contributed by atoms with van der Waals surface area (Å²) in [5.41, 5.74) is 4.91. The van der Waals surface area contributed by atoms with Gasteiger partial charge in [-0.2, -0.15) is 4.98 Å². The fraction of sp³-hybridized carbons (Fsp3) is 0.500. The van der Waals surface area contributed by atoms with E-state index in [1.54, 1.807) is 0 Å². The topological polar surface area (TPSA) is 102 Å². The van der Waals surface area contributed by atoms with Gasteiger partial charge in [0.15, 0.2) is 11.6 Å². The Morgan fingerprint density at radius 3 is 3.22 bits per heavy atom. The predicted octanol–water partition coefficient (Wildman–Crippen LogP) is 0.757. The molecule has 1 amide bonds. The minimum absolute atomic E-state index is 0.0177. The molecule has 0 aliphatic carbocycles. The third-order valence-electron chi connectivity index (χ3n) is 2.77.